The molecule has 0 saturated carbocycles. The third kappa shape index (κ3) is 5.72. The first-order chi connectivity index (χ1) is 10.3. The van der Waals surface area contributed by atoms with E-state index in [0.717, 1.165) is 0 Å². The summed E-state index contributed by atoms with van der Waals surface area (Å²) in [4.78, 5) is 21.7. The molecule has 23 heavy (non-hydrogen) atoms. The van der Waals surface area contributed by atoms with Crippen molar-refractivity contribution in [3.8, 4) is 0 Å². The Labute approximate surface area is 131 Å². The number of hydrogen-bond donors (Lipinski definition) is 1. The molecule has 4 atom stereocenters. The van der Waals surface area contributed by atoms with Gasteiger partial charge in [-0.1, -0.05) is 11.6 Å². The van der Waals surface area contributed by atoms with Crippen molar-refractivity contribution in [1.29, 1.82) is 0 Å². The van der Waals surface area contributed by atoms with Crippen LogP contribution in [0.4, 0.5) is 26.3 Å². The molecule has 0 aromatic heterocycles. The molecule has 0 bridgehead atoms. The van der Waals surface area contributed by atoms with Gasteiger partial charge in [0, 0.05) is 12.5 Å². The van der Waals surface area contributed by atoms with E-state index < -0.39 is 54.5 Å². The van der Waals surface area contributed by atoms with Crippen LogP contribution in [-0.2, 0) is 19.1 Å². The number of carbonyl (C=O) groups excluding carboxylic acids is 2. The molecule has 0 spiro atoms. The van der Waals surface area contributed by atoms with Crippen LogP contribution in [0, 0.1) is 5.92 Å². The molecule has 1 fully saturated rings. The third-order valence-corrected chi connectivity index (χ3v) is 3.32. The van der Waals surface area contributed by atoms with Crippen LogP contribution in [0.2, 0.25) is 0 Å². The molecule has 1 aliphatic rings. The number of rotatable bonds is 3. The molecule has 0 aromatic carbocycles. The molecule has 0 unspecified atom stereocenters. The molecule has 1 saturated heterocycles. The molecule has 1 rings (SSSR count). The fourth-order valence-electron chi connectivity index (χ4n) is 2.03. The summed E-state index contributed by atoms with van der Waals surface area (Å²) in [7, 11) is 0. The number of halogens is 7. The fourth-order valence-corrected chi connectivity index (χ4v) is 2.42. The number of ether oxygens (including phenoxy) is 2. The molecular weight excluding hydrogens is 360 g/mol. The van der Waals surface area contributed by atoms with Gasteiger partial charge < -0.3 is 14.8 Å². The number of amides is 1. The summed E-state index contributed by atoms with van der Waals surface area (Å²) >= 11 is 5.68. The minimum absolute atomic E-state index is 0.208. The van der Waals surface area contributed by atoms with Crippen LogP contribution >= 0.6 is 11.6 Å². The van der Waals surface area contributed by atoms with Gasteiger partial charge in [0.2, 0.25) is 0 Å². The second kappa shape index (κ2) is 7.12. The number of carbonyl (C=O) groups is 2. The Bertz CT molecular complexity index is 455. The highest BCUT2D eigenvalue weighted by molar-refractivity contribution is 6.19. The molecule has 0 radical (unpaired) electrons. The Hall–Kier alpha value is -1.23. The van der Waals surface area contributed by atoms with E-state index in [0.29, 0.717) is 0 Å². The third-order valence-electron chi connectivity index (χ3n) is 3.03. The highest BCUT2D eigenvalue weighted by Gasteiger charge is 2.47. The zero-order chi connectivity index (χ0) is 18.0. The SMILES string of the molecule is C[C@@H]1O[C@@H](Cl)C[C@@H](CNC(=O)C(F)(F)F)[C@H]1OC(=O)C(F)(F)F. The maximum atomic E-state index is 12.2. The Kier molecular flexibility index (Phi) is 6.13. The first-order valence-electron chi connectivity index (χ1n) is 6.24. The van der Waals surface area contributed by atoms with Crippen LogP contribution in [-0.4, -0.2) is 48.5 Å². The quantitative estimate of drug-likeness (QED) is 0.469. The lowest BCUT2D eigenvalue weighted by molar-refractivity contribution is -0.219. The highest BCUT2D eigenvalue weighted by Crippen LogP contribution is 2.31. The van der Waals surface area contributed by atoms with Crippen LogP contribution in [0.3, 0.4) is 0 Å². The maximum Gasteiger partial charge on any atom is 0.490 e. The molecule has 0 aliphatic carbocycles. The summed E-state index contributed by atoms with van der Waals surface area (Å²) < 4.78 is 82.4. The molecule has 1 amide bonds. The van der Waals surface area contributed by atoms with Gasteiger partial charge in [-0.2, -0.15) is 26.3 Å². The molecule has 134 valence electrons. The van der Waals surface area contributed by atoms with Gasteiger partial charge >= 0.3 is 24.2 Å². The minimum Gasteiger partial charge on any atom is -0.453 e. The van der Waals surface area contributed by atoms with Crippen molar-refractivity contribution in [3.05, 3.63) is 0 Å². The minimum atomic E-state index is -5.27. The summed E-state index contributed by atoms with van der Waals surface area (Å²) in [6.45, 7) is 0.576. The standard InChI is InChI=1S/C11H12ClF6NO4/c1-4-7(23-9(21)11(16,17)18)5(2-6(12)22-4)3-19-8(20)10(13,14)15/h4-7H,2-3H2,1H3,(H,19,20)/t4-,5-,6+,7-/m0/s1. The van der Waals surface area contributed by atoms with E-state index in [-0.39, 0.29) is 6.42 Å². The summed E-state index contributed by atoms with van der Waals surface area (Å²) in [5.41, 5.74) is -1.00. The zero-order valence-corrected chi connectivity index (χ0v) is 12.3. The lowest BCUT2D eigenvalue weighted by Crippen LogP contribution is -2.51. The van der Waals surface area contributed by atoms with E-state index in [9.17, 15) is 35.9 Å². The lowest BCUT2D eigenvalue weighted by atomic mass is 9.92. The van der Waals surface area contributed by atoms with Gasteiger partial charge in [0.25, 0.3) is 0 Å². The van der Waals surface area contributed by atoms with Crippen LogP contribution in [0.1, 0.15) is 13.3 Å². The number of esters is 1. The van der Waals surface area contributed by atoms with E-state index in [4.69, 9.17) is 16.3 Å². The summed E-state index contributed by atoms with van der Waals surface area (Å²) in [6, 6.07) is 0. The Morgan fingerprint density at radius 2 is 1.78 bits per heavy atom. The molecule has 1 N–H and O–H groups in total. The monoisotopic (exact) mass is 371 g/mol. The number of alkyl halides is 7. The van der Waals surface area contributed by atoms with Crippen molar-refractivity contribution in [3.63, 3.8) is 0 Å². The predicted octanol–water partition coefficient (Wildman–Crippen LogP) is 2.13. The summed E-state index contributed by atoms with van der Waals surface area (Å²) in [5.74, 6) is -5.83. The van der Waals surface area contributed by atoms with E-state index in [1.54, 1.807) is 0 Å². The van der Waals surface area contributed by atoms with Gasteiger partial charge in [-0.15, -0.1) is 0 Å². The molecule has 5 nitrogen and oxygen atoms in total. The zero-order valence-electron chi connectivity index (χ0n) is 11.5. The van der Waals surface area contributed by atoms with E-state index in [1.807, 2.05) is 0 Å². The average Bonchev–Trinajstić information content (AvgIpc) is 2.36. The molecule has 1 aliphatic heterocycles. The van der Waals surface area contributed by atoms with Gasteiger partial charge in [-0.3, -0.25) is 4.79 Å². The predicted molar refractivity (Wildman–Crippen MR) is 63.3 cm³/mol. The van der Waals surface area contributed by atoms with Crippen molar-refractivity contribution in [2.75, 3.05) is 6.54 Å². The summed E-state index contributed by atoms with van der Waals surface area (Å²) in [5, 5.41) is 1.52. The topological polar surface area (TPSA) is 64.6 Å². The number of nitrogens with one attached hydrogen (secondary N) is 1. The van der Waals surface area contributed by atoms with Gasteiger partial charge in [-0.25, -0.2) is 4.79 Å². The molecular formula is C11H12ClF6NO4. The fraction of sp³-hybridized carbons (Fsp3) is 0.818. The van der Waals surface area contributed by atoms with Crippen LogP contribution in [0.25, 0.3) is 0 Å². The molecule has 12 heteroatoms. The van der Waals surface area contributed by atoms with Gasteiger partial charge in [0.1, 0.15) is 11.7 Å². The normalized spacial score (nSPS) is 29.0. The average molecular weight is 372 g/mol. The Balaban J connectivity index is 2.78. The Morgan fingerprint density at radius 1 is 1.22 bits per heavy atom. The van der Waals surface area contributed by atoms with Crippen LogP contribution in [0.15, 0.2) is 0 Å². The van der Waals surface area contributed by atoms with Crippen LogP contribution in [0.5, 0.6) is 0 Å². The maximum absolute atomic E-state index is 12.2. The van der Waals surface area contributed by atoms with Crippen molar-refractivity contribution in [2.45, 2.75) is 43.5 Å². The highest BCUT2D eigenvalue weighted by atomic mass is 35.5. The lowest BCUT2D eigenvalue weighted by Gasteiger charge is -2.38. The van der Waals surface area contributed by atoms with E-state index in [1.165, 1.54) is 12.2 Å². The van der Waals surface area contributed by atoms with Gasteiger partial charge in [0.05, 0.1) is 6.10 Å². The van der Waals surface area contributed by atoms with Gasteiger partial charge in [-0.05, 0) is 13.3 Å². The smallest absolute Gasteiger partial charge is 0.453 e. The van der Waals surface area contributed by atoms with E-state index >= 15 is 0 Å². The molecule has 0 aromatic rings. The first-order valence-corrected chi connectivity index (χ1v) is 6.68. The van der Waals surface area contributed by atoms with E-state index in [2.05, 4.69) is 4.74 Å². The van der Waals surface area contributed by atoms with Gasteiger partial charge in [0.15, 0.2) is 0 Å². The second-order valence-corrected chi connectivity index (χ2v) is 5.31. The van der Waals surface area contributed by atoms with Crippen molar-refractivity contribution in [2.24, 2.45) is 5.92 Å². The largest absolute Gasteiger partial charge is 0.490 e. The number of hydrogen-bond acceptors (Lipinski definition) is 4. The van der Waals surface area contributed by atoms with Crippen molar-refractivity contribution < 1.29 is 45.4 Å². The Morgan fingerprint density at radius 3 is 2.26 bits per heavy atom. The van der Waals surface area contributed by atoms with Crippen molar-refractivity contribution >= 4 is 23.5 Å². The van der Waals surface area contributed by atoms with Crippen molar-refractivity contribution in [1.82, 2.24) is 5.32 Å². The van der Waals surface area contributed by atoms with Crippen LogP contribution < -0.4 is 5.32 Å². The second-order valence-electron chi connectivity index (χ2n) is 4.82. The summed E-state index contributed by atoms with van der Waals surface area (Å²) in [6.07, 6.45) is -13.2. The molecule has 1 heterocycles. The first kappa shape index (κ1) is 19.8.